The third kappa shape index (κ3) is 3.46. The van der Waals surface area contributed by atoms with Crippen molar-refractivity contribution in [2.24, 2.45) is 0 Å². The largest absolute Gasteiger partial charge is 0.450 e. The second-order valence-corrected chi connectivity index (χ2v) is 6.97. The summed E-state index contributed by atoms with van der Waals surface area (Å²) < 4.78 is 5.67. The summed E-state index contributed by atoms with van der Waals surface area (Å²) in [7, 11) is 0. The molecule has 0 aromatic heterocycles. The molecule has 0 spiro atoms. The Hall–Kier alpha value is -2.17. The Kier molecular flexibility index (Phi) is 4.93. The molecule has 0 saturated carbocycles. The van der Waals surface area contributed by atoms with Crippen LogP contribution in [0.25, 0.3) is 0 Å². The SMILES string of the molecule is CCOC(=O)Nc1cc(I)cc2c1CN(C1CCC(=O)NC1=O)C2=O. The van der Waals surface area contributed by atoms with E-state index in [1.165, 1.54) is 4.90 Å². The van der Waals surface area contributed by atoms with E-state index in [0.29, 0.717) is 23.2 Å². The molecule has 1 atom stereocenters. The number of halogens is 1. The first-order chi connectivity index (χ1) is 11.9. The molecule has 2 heterocycles. The van der Waals surface area contributed by atoms with Gasteiger partial charge in [-0.3, -0.25) is 25.0 Å². The number of anilines is 1. The fraction of sp³-hybridized carbons (Fsp3) is 0.375. The number of fused-ring (bicyclic) bond motifs is 1. The van der Waals surface area contributed by atoms with E-state index in [1.54, 1.807) is 19.1 Å². The van der Waals surface area contributed by atoms with Crippen LogP contribution in [-0.2, 0) is 20.9 Å². The van der Waals surface area contributed by atoms with Crippen molar-refractivity contribution < 1.29 is 23.9 Å². The van der Waals surface area contributed by atoms with Gasteiger partial charge in [0.05, 0.1) is 12.3 Å². The van der Waals surface area contributed by atoms with Crippen molar-refractivity contribution in [2.75, 3.05) is 11.9 Å². The first-order valence-corrected chi connectivity index (χ1v) is 8.89. The minimum atomic E-state index is -0.689. The number of ether oxygens (including phenoxy) is 1. The third-order valence-electron chi connectivity index (χ3n) is 4.13. The van der Waals surface area contributed by atoms with Crippen LogP contribution < -0.4 is 10.6 Å². The number of nitrogens with zero attached hydrogens (tertiary/aromatic N) is 1. The second kappa shape index (κ2) is 6.98. The molecule has 2 aliphatic rings. The molecule has 4 amide bonds. The van der Waals surface area contributed by atoms with E-state index >= 15 is 0 Å². The van der Waals surface area contributed by atoms with Gasteiger partial charge < -0.3 is 9.64 Å². The number of nitrogens with one attached hydrogen (secondary N) is 2. The zero-order chi connectivity index (χ0) is 18.1. The highest BCUT2D eigenvalue weighted by atomic mass is 127. The number of hydrogen-bond donors (Lipinski definition) is 2. The topological polar surface area (TPSA) is 105 Å². The van der Waals surface area contributed by atoms with Gasteiger partial charge in [0, 0.05) is 27.7 Å². The number of carbonyl (C=O) groups excluding carboxylic acids is 4. The summed E-state index contributed by atoms with van der Waals surface area (Å²) in [6.07, 6.45) is -0.108. The van der Waals surface area contributed by atoms with Gasteiger partial charge in [0.1, 0.15) is 6.04 Å². The van der Waals surface area contributed by atoms with Crippen molar-refractivity contribution in [1.82, 2.24) is 10.2 Å². The van der Waals surface area contributed by atoms with Gasteiger partial charge in [-0.05, 0) is 48.1 Å². The zero-order valence-corrected chi connectivity index (χ0v) is 15.6. The van der Waals surface area contributed by atoms with Crippen LogP contribution in [0.15, 0.2) is 12.1 Å². The van der Waals surface area contributed by atoms with E-state index in [-0.39, 0.29) is 31.4 Å². The highest BCUT2D eigenvalue weighted by Crippen LogP contribution is 2.34. The van der Waals surface area contributed by atoms with Gasteiger partial charge in [0.2, 0.25) is 11.8 Å². The summed E-state index contributed by atoms with van der Waals surface area (Å²) in [5, 5.41) is 4.91. The molecule has 1 aromatic carbocycles. The van der Waals surface area contributed by atoms with Crippen LogP contribution in [0.4, 0.5) is 10.5 Å². The molecule has 3 rings (SSSR count). The predicted octanol–water partition coefficient (Wildman–Crippen LogP) is 1.62. The molecule has 1 aromatic rings. The van der Waals surface area contributed by atoms with Gasteiger partial charge in [0.25, 0.3) is 5.91 Å². The average Bonchev–Trinajstić information content (AvgIpc) is 2.85. The van der Waals surface area contributed by atoms with Crippen LogP contribution in [0.5, 0.6) is 0 Å². The number of piperidine rings is 1. The standard InChI is InChI=1S/C16H16IN3O5/c1-2-25-16(24)18-11-6-8(17)5-9-10(11)7-20(15(9)23)12-3-4-13(21)19-14(12)22/h5-6,12H,2-4,7H2,1H3,(H,18,24)(H,19,21,22). The maximum atomic E-state index is 12.8. The molecule has 0 bridgehead atoms. The Bertz CT molecular complexity index is 779. The molecular weight excluding hydrogens is 441 g/mol. The molecule has 0 radical (unpaired) electrons. The van der Waals surface area contributed by atoms with Gasteiger partial charge in [-0.1, -0.05) is 0 Å². The molecular formula is C16H16IN3O5. The molecule has 9 heteroatoms. The number of hydrogen-bond acceptors (Lipinski definition) is 5. The van der Waals surface area contributed by atoms with Crippen molar-refractivity contribution in [3.8, 4) is 0 Å². The smallest absolute Gasteiger partial charge is 0.411 e. The van der Waals surface area contributed by atoms with E-state index in [2.05, 4.69) is 33.2 Å². The van der Waals surface area contributed by atoms with Gasteiger partial charge >= 0.3 is 6.09 Å². The molecule has 2 aliphatic heterocycles. The van der Waals surface area contributed by atoms with Crippen LogP contribution >= 0.6 is 22.6 Å². The van der Waals surface area contributed by atoms with Crippen LogP contribution in [0.2, 0.25) is 0 Å². The Morgan fingerprint density at radius 3 is 2.84 bits per heavy atom. The minimum Gasteiger partial charge on any atom is -0.450 e. The minimum absolute atomic E-state index is 0.194. The molecule has 1 fully saturated rings. The number of imide groups is 1. The van der Waals surface area contributed by atoms with Crippen LogP contribution in [0.3, 0.4) is 0 Å². The summed E-state index contributed by atoms with van der Waals surface area (Å²) in [6, 6.07) is 2.78. The first-order valence-electron chi connectivity index (χ1n) is 7.81. The lowest BCUT2D eigenvalue weighted by Gasteiger charge is -2.29. The maximum Gasteiger partial charge on any atom is 0.411 e. The Morgan fingerprint density at radius 2 is 2.16 bits per heavy atom. The average molecular weight is 457 g/mol. The van der Waals surface area contributed by atoms with Crippen LogP contribution in [-0.4, -0.2) is 41.4 Å². The lowest BCUT2D eigenvalue weighted by atomic mass is 10.0. The first kappa shape index (κ1) is 17.6. The number of rotatable bonds is 3. The van der Waals surface area contributed by atoms with Crippen molar-refractivity contribution in [3.63, 3.8) is 0 Å². The Labute approximate surface area is 157 Å². The molecule has 132 valence electrons. The Morgan fingerprint density at radius 1 is 1.40 bits per heavy atom. The van der Waals surface area contributed by atoms with Gasteiger partial charge in [-0.2, -0.15) is 0 Å². The van der Waals surface area contributed by atoms with Gasteiger partial charge in [-0.15, -0.1) is 0 Å². The summed E-state index contributed by atoms with van der Waals surface area (Å²) in [5.74, 6) is -1.08. The summed E-state index contributed by atoms with van der Waals surface area (Å²) in [5.41, 5.74) is 1.58. The van der Waals surface area contributed by atoms with Crippen LogP contribution in [0, 0.1) is 3.57 Å². The van der Waals surface area contributed by atoms with E-state index in [0.717, 1.165) is 3.57 Å². The lowest BCUT2D eigenvalue weighted by molar-refractivity contribution is -0.136. The van der Waals surface area contributed by atoms with Crippen molar-refractivity contribution in [1.29, 1.82) is 0 Å². The lowest BCUT2D eigenvalue weighted by Crippen LogP contribution is -2.52. The molecule has 1 unspecified atom stereocenters. The summed E-state index contributed by atoms with van der Waals surface area (Å²) in [6.45, 7) is 2.13. The summed E-state index contributed by atoms with van der Waals surface area (Å²) in [4.78, 5) is 49.3. The molecule has 1 saturated heterocycles. The molecule has 25 heavy (non-hydrogen) atoms. The third-order valence-corrected chi connectivity index (χ3v) is 4.76. The fourth-order valence-corrected chi connectivity index (χ4v) is 3.64. The molecule has 0 aliphatic carbocycles. The van der Waals surface area contributed by atoms with E-state index in [9.17, 15) is 19.2 Å². The maximum absolute atomic E-state index is 12.8. The molecule has 8 nitrogen and oxygen atoms in total. The predicted molar refractivity (Wildman–Crippen MR) is 95.8 cm³/mol. The highest BCUT2D eigenvalue weighted by Gasteiger charge is 2.40. The van der Waals surface area contributed by atoms with E-state index < -0.39 is 18.0 Å². The van der Waals surface area contributed by atoms with Gasteiger partial charge in [0.15, 0.2) is 0 Å². The van der Waals surface area contributed by atoms with E-state index in [1.807, 2.05) is 0 Å². The second-order valence-electron chi connectivity index (χ2n) is 5.72. The Balaban J connectivity index is 1.89. The zero-order valence-electron chi connectivity index (χ0n) is 13.4. The number of amides is 4. The quantitative estimate of drug-likeness (QED) is 0.531. The number of benzene rings is 1. The fourth-order valence-electron chi connectivity index (χ4n) is 3.01. The van der Waals surface area contributed by atoms with Crippen molar-refractivity contribution in [3.05, 3.63) is 26.8 Å². The monoisotopic (exact) mass is 457 g/mol. The van der Waals surface area contributed by atoms with Crippen molar-refractivity contribution in [2.45, 2.75) is 32.4 Å². The summed E-state index contributed by atoms with van der Waals surface area (Å²) >= 11 is 2.06. The van der Waals surface area contributed by atoms with Crippen molar-refractivity contribution >= 4 is 52.1 Å². The van der Waals surface area contributed by atoms with Crippen LogP contribution in [0.1, 0.15) is 35.7 Å². The normalized spacial score (nSPS) is 19.5. The highest BCUT2D eigenvalue weighted by molar-refractivity contribution is 14.1. The van der Waals surface area contributed by atoms with E-state index in [4.69, 9.17) is 4.74 Å². The van der Waals surface area contributed by atoms with Gasteiger partial charge in [-0.25, -0.2) is 4.79 Å². The number of carbonyl (C=O) groups is 4. The molecule has 2 N–H and O–H groups in total.